The van der Waals surface area contributed by atoms with Crippen molar-refractivity contribution in [1.29, 1.82) is 0 Å². The molecule has 2 fully saturated rings. The van der Waals surface area contributed by atoms with E-state index in [0.717, 1.165) is 61.3 Å². The molecular weight excluding hydrogens is 688 g/mol. The van der Waals surface area contributed by atoms with Gasteiger partial charge in [-0.3, -0.25) is 14.4 Å². The number of carboxylic acid groups (broad SMARTS) is 1. The number of nitrogens with one attached hydrogen (secondary N) is 1. The number of aromatic nitrogens is 1. The Kier molecular flexibility index (Phi) is 11.0. The van der Waals surface area contributed by atoms with E-state index in [4.69, 9.17) is 6.42 Å². The zero-order valence-corrected chi connectivity index (χ0v) is 29.4. The third kappa shape index (κ3) is 8.22. The highest BCUT2D eigenvalue weighted by molar-refractivity contribution is 5.82. The molecule has 52 heavy (non-hydrogen) atoms. The SMILES string of the molecule is C#Cc1cc(-c2c(C)cc(F)cc2C)c(F)c(C(CC(=O)O)NC(=O)C(CC(C)C)n2cc(CCN3CCC4(CC4)C3)c(C(F)(F)F)cc2=O)c1F. The van der Waals surface area contributed by atoms with Gasteiger partial charge in [0.05, 0.1) is 23.6 Å². The zero-order valence-electron chi connectivity index (χ0n) is 29.4. The molecule has 3 aromatic rings. The van der Waals surface area contributed by atoms with E-state index in [1.54, 1.807) is 13.8 Å². The van der Waals surface area contributed by atoms with Crippen LogP contribution >= 0.6 is 0 Å². The van der Waals surface area contributed by atoms with Gasteiger partial charge in [0, 0.05) is 36.5 Å². The van der Waals surface area contributed by atoms with Crippen molar-refractivity contribution in [2.24, 2.45) is 11.3 Å². The molecule has 7 nitrogen and oxygen atoms in total. The molecule has 1 amide bonds. The number of terminal acetylenes is 1. The molecule has 1 spiro atoms. The second-order valence-electron chi connectivity index (χ2n) is 14.6. The maximum absolute atomic E-state index is 16.5. The van der Waals surface area contributed by atoms with Crippen LogP contribution in [0.3, 0.4) is 0 Å². The Labute approximate surface area is 298 Å². The first-order chi connectivity index (χ1) is 24.3. The van der Waals surface area contributed by atoms with Crippen LogP contribution in [-0.4, -0.2) is 46.1 Å². The quantitative estimate of drug-likeness (QED) is 0.149. The van der Waals surface area contributed by atoms with Gasteiger partial charge in [-0.05, 0) is 104 Å². The van der Waals surface area contributed by atoms with Crippen molar-refractivity contribution in [1.82, 2.24) is 14.8 Å². The summed E-state index contributed by atoms with van der Waals surface area (Å²) in [6.45, 7) is 8.27. The fourth-order valence-electron chi connectivity index (χ4n) is 7.43. The summed E-state index contributed by atoms with van der Waals surface area (Å²) in [5, 5.41) is 12.2. The van der Waals surface area contributed by atoms with Crippen molar-refractivity contribution in [3.05, 3.63) is 91.6 Å². The molecule has 2 N–H and O–H groups in total. The van der Waals surface area contributed by atoms with E-state index in [9.17, 15) is 37.1 Å². The summed E-state index contributed by atoms with van der Waals surface area (Å²) < 4.78 is 90.1. The molecule has 278 valence electrons. The van der Waals surface area contributed by atoms with Crippen molar-refractivity contribution in [3.8, 4) is 23.5 Å². The van der Waals surface area contributed by atoms with Gasteiger partial charge >= 0.3 is 12.1 Å². The number of rotatable bonds is 12. The first-order valence-corrected chi connectivity index (χ1v) is 17.2. The van der Waals surface area contributed by atoms with E-state index in [1.807, 2.05) is 0 Å². The van der Waals surface area contributed by atoms with Gasteiger partial charge in [-0.2, -0.15) is 13.2 Å². The lowest BCUT2D eigenvalue weighted by molar-refractivity contribution is -0.139. The first-order valence-electron chi connectivity index (χ1n) is 17.2. The summed E-state index contributed by atoms with van der Waals surface area (Å²) in [5.41, 5.74) is -3.02. The number of aryl methyl sites for hydroxylation is 2. The van der Waals surface area contributed by atoms with Crippen molar-refractivity contribution in [3.63, 3.8) is 0 Å². The Morgan fingerprint density at radius 3 is 2.23 bits per heavy atom. The molecule has 2 heterocycles. The van der Waals surface area contributed by atoms with Crippen molar-refractivity contribution < 1.29 is 41.0 Å². The number of pyridine rings is 1. The maximum Gasteiger partial charge on any atom is 0.416 e. The van der Waals surface area contributed by atoms with Gasteiger partial charge in [-0.1, -0.05) is 19.8 Å². The molecule has 2 aliphatic rings. The average Bonchev–Trinajstić information content (AvgIpc) is 3.67. The average molecular weight is 730 g/mol. The maximum atomic E-state index is 16.5. The van der Waals surface area contributed by atoms with Crippen LogP contribution in [0, 0.1) is 55.0 Å². The van der Waals surface area contributed by atoms with Crippen LogP contribution in [0.2, 0.25) is 0 Å². The number of carbonyl (C=O) groups is 2. The molecular formula is C39H41F6N3O4. The molecule has 0 radical (unpaired) electrons. The van der Waals surface area contributed by atoms with Crippen LogP contribution in [-0.2, 0) is 22.2 Å². The Morgan fingerprint density at radius 2 is 1.69 bits per heavy atom. The molecule has 1 aliphatic carbocycles. The molecule has 0 bridgehead atoms. The number of hydrogen-bond donors (Lipinski definition) is 2. The van der Waals surface area contributed by atoms with Crippen LogP contribution in [0.25, 0.3) is 11.1 Å². The highest BCUT2D eigenvalue weighted by Gasteiger charge is 2.47. The van der Waals surface area contributed by atoms with E-state index in [0.29, 0.717) is 12.6 Å². The molecule has 1 saturated carbocycles. The summed E-state index contributed by atoms with van der Waals surface area (Å²) in [5.74, 6) is -3.93. The van der Waals surface area contributed by atoms with Gasteiger partial charge in [-0.15, -0.1) is 6.42 Å². The van der Waals surface area contributed by atoms with Crippen LogP contribution in [0.15, 0.2) is 35.3 Å². The fraction of sp³-hybridized carbons (Fsp3) is 0.462. The molecule has 13 heteroatoms. The third-order valence-electron chi connectivity index (χ3n) is 10.2. The van der Waals surface area contributed by atoms with Crippen molar-refractivity contribution >= 4 is 11.9 Å². The first kappa shape index (κ1) is 38.7. The zero-order chi connectivity index (χ0) is 38.3. The van der Waals surface area contributed by atoms with E-state index in [2.05, 4.69) is 16.1 Å². The second-order valence-corrected chi connectivity index (χ2v) is 14.6. The summed E-state index contributed by atoms with van der Waals surface area (Å²) >= 11 is 0. The van der Waals surface area contributed by atoms with Gasteiger partial charge in [0.2, 0.25) is 5.91 Å². The smallest absolute Gasteiger partial charge is 0.416 e. The lowest BCUT2D eigenvalue weighted by Gasteiger charge is -2.27. The molecule has 2 unspecified atom stereocenters. The van der Waals surface area contributed by atoms with Crippen LogP contribution in [0.1, 0.15) is 91.4 Å². The van der Waals surface area contributed by atoms with E-state index < -0.39 is 76.3 Å². The number of alkyl halides is 3. The lowest BCUT2D eigenvalue weighted by Crippen LogP contribution is -2.41. The summed E-state index contributed by atoms with van der Waals surface area (Å²) in [6.07, 6.45) is 3.72. The van der Waals surface area contributed by atoms with Gasteiger partial charge in [0.15, 0.2) is 0 Å². The lowest BCUT2D eigenvalue weighted by atomic mass is 9.89. The molecule has 1 saturated heterocycles. The Bertz CT molecular complexity index is 1970. The number of likely N-dealkylation sites (tertiary alicyclic amines) is 1. The molecule has 2 aromatic carbocycles. The topological polar surface area (TPSA) is 91.6 Å². The minimum atomic E-state index is -4.85. The number of benzene rings is 2. The van der Waals surface area contributed by atoms with Crippen LogP contribution in [0.4, 0.5) is 26.3 Å². The van der Waals surface area contributed by atoms with E-state index in [1.165, 1.54) is 13.8 Å². The predicted molar refractivity (Wildman–Crippen MR) is 183 cm³/mol. The number of halogens is 6. The highest BCUT2D eigenvalue weighted by Crippen LogP contribution is 2.52. The monoisotopic (exact) mass is 729 g/mol. The minimum Gasteiger partial charge on any atom is -0.481 e. The van der Waals surface area contributed by atoms with Gasteiger partial charge in [0.25, 0.3) is 5.56 Å². The predicted octanol–water partition coefficient (Wildman–Crippen LogP) is 7.50. The van der Waals surface area contributed by atoms with Crippen molar-refractivity contribution in [2.75, 3.05) is 19.6 Å². The summed E-state index contributed by atoms with van der Waals surface area (Å²) in [4.78, 5) is 41.6. The summed E-state index contributed by atoms with van der Waals surface area (Å²) in [6, 6.07) is 0.415. The number of carboxylic acids is 1. The third-order valence-corrected chi connectivity index (χ3v) is 10.2. The van der Waals surface area contributed by atoms with Gasteiger partial charge in [0.1, 0.15) is 23.5 Å². The second kappa shape index (κ2) is 14.8. The van der Waals surface area contributed by atoms with Crippen LogP contribution < -0.4 is 10.9 Å². The number of nitrogens with zero attached hydrogens (tertiary/aromatic N) is 2. The van der Waals surface area contributed by atoms with Crippen molar-refractivity contribution in [2.45, 2.75) is 84.5 Å². The normalized spacial score (nSPS) is 16.6. The van der Waals surface area contributed by atoms with E-state index in [-0.39, 0.29) is 52.0 Å². The Balaban J connectivity index is 1.56. The van der Waals surface area contributed by atoms with Gasteiger partial charge in [-0.25, -0.2) is 13.2 Å². The number of aliphatic carboxylic acids is 1. The molecule has 1 aliphatic heterocycles. The largest absolute Gasteiger partial charge is 0.481 e. The Hall–Kier alpha value is -4.57. The standard InChI is InChI=1S/C39H41F6N3O4/c1-6-24-16-27(33-22(4)14-26(40)15-23(33)5)36(42)34(35(24)41)29(18-32(50)51)46-37(52)30(13-21(2)3)48-19-25(28(17-31(48)49)39(43,44)45)7-11-47-12-10-38(20-47)8-9-38/h1,14-17,19,21,29-30H,7-13,18,20H2,2-5H3,(H,46,52)(H,50,51). The molecule has 1 aromatic heterocycles. The number of hydrogen-bond acceptors (Lipinski definition) is 4. The van der Waals surface area contributed by atoms with Gasteiger partial charge < -0.3 is 19.9 Å². The minimum absolute atomic E-state index is 0.0524. The summed E-state index contributed by atoms with van der Waals surface area (Å²) in [7, 11) is 0. The number of carbonyl (C=O) groups excluding carboxylic acids is 1. The molecule has 5 rings (SSSR count). The fourth-order valence-corrected chi connectivity index (χ4v) is 7.43. The Morgan fingerprint density at radius 1 is 1.04 bits per heavy atom. The number of amides is 1. The highest BCUT2D eigenvalue weighted by atomic mass is 19.4. The van der Waals surface area contributed by atoms with Crippen LogP contribution in [0.5, 0.6) is 0 Å². The molecule has 2 atom stereocenters. The van der Waals surface area contributed by atoms with E-state index >= 15 is 8.78 Å².